The van der Waals surface area contributed by atoms with Crippen LogP contribution in [0.25, 0.3) is 0 Å². The van der Waals surface area contributed by atoms with Gasteiger partial charge in [-0.1, -0.05) is 30.7 Å². The highest BCUT2D eigenvalue weighted by Crippen LogP contribution is 2.09. The molecule has 0 aliphatic rings. The number of hydrogen-bond acceptors (Lipinski definition) is 3. The molecule has 0 radical (unpaired) electrons. The van der Waals surface area contributed by atoms with E-state index in [1.165, 1.54) is 0 Å². The van der Waals surface area contributed by atoms with Crippen LogP contribution in [-0.2, 0) is 16.4 Å². The van der Waals surface area contributed by atoms with E-state index >= 15 is 0 Å². The van der Waals surface area contributed by atoms with Crippen LogP contribution in [0.2, 0.25) is 5.02 Å². The molecule has 1 rings (SSSR count). The highest BCUT2D eigenvalue weighted by atomic mass is 35.5. The lowest BCUT2D eigenvalue weighted by molar-refractivity contribution is 0.560. The summed E-state index contributed by atoms with van der Waals surface area (Å²) in [4.78, 5) is 0. The summed E-state index contributed by atoms with van der Waals surface area (Å²) >= 11 is 5.79. The van der Waals surface area contributed by atoms with Crippen molar-refractivity contribution < 1.29 is 8.42 Å². The monoisotopic (exact) mass is 304 g/mol. The van der Waals surface area contributed by atoms with Crippen LogP contribution < -0.4 is 10.0 Å². The Kier molecular flexibility index (Phi) is 6.79. The largest absolute Gasteiger partial charge is 0.316 e. The highest BCUT2D eigenvalue weighted by Gasteiger charge is 2.19. The van der Waals surface area contributed by atoms with E-state index in [0.717, 1.165) is 12.1 Å². The van der Waals surface area contributed by atoms with E-state index in [4.69, 9.17) is 11.6 Å². The molecule has 108 valence electrons. The maximum absolute atomic E-state index is 11.9. The summed E-state index contributed by atoms with van der Waals surface area (Å²) in [5.74, 6) is 0. The van der Waals surface area contributed by atoms with Crippen LogP contribution in [0.3, 0.4) is 0 Å². The second-order valence-corrected chi connectivity index (χ2v) is 7.05. The molecule has 0 aliphatic heterocycles. The van der Waals surface area contributed by atoms with Crippen molar-refractivity contribution in [2.24, 2.45) is 0 Å². The minimum Gasteiger partial charge on any atom is -0.316 e. The molecule has 2 N–H and O–H groups in total. The lowest BCUT2D eigenvalue weighted by atomic mass is 10.2. The first kappa shape index (κ1) is 16.4. The Labute approximate surface area is 120 Å². The Balaban J connectivity index is 2.41. The average Bonchev–Trinajstić information content (AvgIpc) is 2.38. The summed E-state index contributed by atoms with van der Waals surface area (Å²) in [6, 6.07) is 7.41. The van der Waals surface area contributed by atoms with Gasteiger partial charge in [0.2, 0.25) is 10.0 Å². The predicted molar refractivity (Wildman–Crippen MR) is 80.1 cm³/mol. The lowest BCUT2D eigenvalue weighted by Gasteiger charge is -2.14. The molecule has 4 nitrogen and oxygen atoms in total. The van der Waals surface area contributed by atoms with Crippen molar-refractivity contribution in [3.63, 3.8) is 0 Å². The molecule has 0 heterocycles. The molecule has 0 bridgehead atoms. The summed E-state index contributed by atoms with van der Waals surface area (Å²) in [6.07, 6.45) is 0.657. The summed E-state index contributed by atoms with van der Waals surface area (Å²) in [5, 5.41) is 3.29. The minimum atomic E-state index is -3.25. The number of nitrogens with one attached hydrogen (secondary N) is 2. The van der Waals surface area contributed by atoms with Gasteiger partial charge in [0.25, 0.3) is 0 Å². The summed E-state index contributed by atoms with van der Waals surface area (Å²) in [7, 11) is -3.25. The van der Waals surface area contributed by atoms with Crippen LogP contribution in [0.1, 0.15) is 19.4 Å². The zero-order chi connectivity index (χ0) is 14.3. The molecule has 6 heteroatoms. The summed E-state index contributed by atoms with van der Waals surface area (Å²) in [5.41, 5.74) is 1.06. The molecule has 0 spiro atoms. The first-order valence-electron chi connectivity index (χ1n) is 6.39. The number of benzene rings is 1. The molecule has 1 aromatic carbocycles. The Morgan fingerprint density at radius 1 is 1.26 bits per heavy atom. The van der Waals surface area contributed by atoms with Crippen molar-refractivity contribution in [1.82, 2.24) is 10.0 Å². The minimum absolute atomic E-state index is 0.403. The molecule has 0 amide bonds. The molecule has 0 saturated heterocycles. The van der Waals surface area contributed by atoms with E-state index in [9.17, 15) is 8.42 Å². The Hall–Kier alpha value is -0.620. The Bertz CT molecular complexity index is 474. The molecule has 0 fully saturated rings. The van der Waals surface area contributed by atoms with Gasteiger partial charge >= 0.3 is 0 Å². The lowest BCUT2D eigenvalue weighted by Crippen LogP contribution is -2.39. The quantitative estimate of drug-likeness (QED) is 0.770. The second-order valence-electron chi connectivity index (χ2n) is 4.43. The van der Waals surface area contributed by atoms with Crippen molar-refractivity contribution in [2.45, 2.75) is 25.5 Å². The molecule has 0 saturated carbocycles. The Morgan fingerprint density at radius 3 is 2.47 bits per heavy atom. The topological polar surface area (TPSA) is 58.2 Å². The number of halogens is 1. The molecule has 1 unspecified atom stereocenters. The van der Waals surface area contributed by atoms with Crippen LogP contribution in [0, 0.1) is 0 Å². The fourth-order valence-corrected chi connectivity index (χ4v) is 2.72. The molecule has 0 aliphatic carbocycles. The van der Waals surface area contributed by atoms with Crippen LogP contribution in [0.15, 0.2) is 24.3 Å². The maximum Gasteiger partial charge on any atom is 0.215 e. The van der Waals surface area contributed by atoms with Crippen LogP contribution in [0.4, 0.5) is 0 Å². The van der Waals surface area contributed by atoms with Crippen molar-refractivity contribution >= 4 is 21.6 Å². The fourth-order valence-electron chi connectivity index (χ4n) is 1.59. The zero-order valence-electron chi connectivity index (χ0n) is 11.3. The van der Waals surface area contributed by atoms with E-state index in [2.05, 4.69) is 10.0 Å². The predicted octanol–water partition coefficient (Wildman–Crippen LogP) is 1.80. The normalized spacial score (nSPS) is 13.4. The molecule has 0 aromatic heterocycles. The van der Waals surface area contributed by atoms with Crippen molar-refractivity contribution in [3.8, 4) is 0 Å². The second kappa shape index (κ2) is 7.85. The standard InChI is InChI=1S/C13H21ClN2O2S/c1-3-15-10-11(2)19(17,18)16-9-8-12-4-6-13(14)7-5-12/h4-7,11,15-16H,3,8-10H2,1-2H3. The first-order chi connectivity index (χ1) is 8.95. The molecular formula is C13H21ClN2O2S. The molecule has 1 atom stereocenters. The van der Waals surface area contributed by atoms with Gasteiger partial charge in [0.1, 0.15) is 0 Å². The van der Waals surface area contributed by atoms with Gasteiger partial charge < -0.3 is 5.32 Å². The van der Waals surface area contributed by atoms with Gasteiger partial charge in [-0.05, 0) is 37.6 Å². The van der Waals surface area contributed by atoms with Gasteiger partial charge in [0.05, 0.1) is 5.25 Å². The van der Waals surface area contributed by atoms with E-state index in [1.807, 2.05) is 19.1 Å². The zero-order valence-corrected chi connectivity index (χ0v) is 12.9. The molecule has 19 heavy (non-hydrogen) atoms. The highest BCUT2D eigenvalue weighted by molar-refractivity contribution is 7.90. The third-order valence-corrected chi connectivity index (χ3v) is 4.93. The third kappa shape index (κ3) is 5.91. The van der Waals surface area contributed by atoms with E-state index in [0.29, 0.717) is 24.5 Å². The number of sulfonamides is 1. The number of rotatable bonds is 8. The van der Waals surface area contributed by atoms with Crippen LogP contribution in [-0.4, -0.2) is 33.3 Å². The van der Waals surface area contributed by atoms with Crippen molar-refractivity contribution in [1.29, 1.82) is 0 Å². The SMILES string of the molecule is CCNCC(C)S(=O)(=O)NCCc1ccc(Cl)cc1. The van der Waals surface area contributed by atoms with Gasteiger partial charge in [-0.3, -0.25) is 0 Å². The summed E-state index contributed by atoms with van der Waals surface area (Å²) in [6.45, 7) is 5.29. The van der Waals surface area contributed by atoms with E-state index in [1.54, 1.807) is 19.1 Å². The average molecular weight is 305 g/mol. The van der Waals surface area contributed by atoms with Gasteiger partial charge in [0.15, 0.2) is 0 Å². The smallest absolute Gasteiger partial charge is 0.215 e. The molecular weight excluding hydrogens is 284 g/mol. The maximum atomic E-state index is 11.9. The van der Waals surface area contributed by atoms with Crippen LogP contribution >= 0.6 is 11.6 Å². The van der Waals surface area contributed by atoms with Gasteiger partial charge in [0, 0.05) is 18.1 Å². The van der Waals surface area contributed by atoms with Crippen molar-refractivity contribution in [3.05, 3.63) is 34.9 Å². The summed E-state index contributed by atoms with van der Waals surface area (Å²) < 4.78 is 26.4. The van der Waals surface area contributed by atoms with Crippen molar-refractivity contribution in [2.75, 3.05) is 19.6 Å². The first-order valence-corrected chi connectivity index (χ1v) is 8.31. The van der Waals surface area contributed by atoms with Gasteiger partial charge in [-0.2, -0.15) is 0 Å². The number of hydrogen-bond donors (Lipinski definition) is 2. The van der Waals surface area contributed by atoms with Crippen LogP contribution in [0.5, 0.6) is 0 Å². The fraction of sp³-hybridized carbons (Fsp3) is 0.538. The molecule has 1 aromatic rings. The van der Waals surface area contributed by atoms with Gasteiger partial charge in [-0.15, -0.1) is 0 Å². The van der Waals surface area contributed by atoms with Gasteiger partial charge in [-0.25, -0.2) is 13.1 Å². The van der Waals surface area contributed by atoms with E-state index < -0.39 is 15.3 Å². The third-order valence-electron chi connectivity index (χ3n) is 2.84. The van der Waals surface area contributed by atoms with E-state index in [-0.39, 0.29) is 0 Å². The Morgan fingerprint density at radius 2 is 1.89 bits per heavy atom.